The Balaban J connectivity index is 1.83. The Hall–Kier alpha value is -0.680. The lowest BCUT2D eigenvalue weighted by Crippen LogP contribution is -2.10. The van der Waals surface area contributed by atoms with Crippen LogP contribution >= 0.6 is 15.9 Å². The minimum absolute atomic E-state index is 0.707. The van der Waals surface area contributed by atoms with E-state index in [0.29, 0.717) is 5.92 Å². The number of aryl methyl sites for hydroxylation is 1. The van der Waals surface area contributed by atoms with Crippen molar-refractivity contribution in [3.05, 3.63) is 16.5 Å². The minimum Gasteiger partial charge on any atom is -0.381 e. The number of nitrogens with one attached hydrogen (secondary N) is 1. The zero-order valence-electron chi connectivity index (χ0n) is 10.1. The Bertz CT molecular complexity index is 367. The summed E-state index contributed by atoms with van der Waals surface area (Å²) in [4.78, 5) is 8.72. The number of hydrogen-bond acceptors (Lipinski definition) is 4. The van der Waals surface area contributed by atoms with E-state index in [1.165, 1.54) is 6.42 Å². The third-order valence-corrected chi connectivity index (χ3v) is 3.35. The van der Waals surface area contributed by atoms with Gasteiger partial charge in [0.15, 0.2) is 0 Å². The van der Waals surface area contributed by atoms with E-state index >= 15 is 0 Å². The van der Waals surface area contributed by atoms with Gasteiger partial charge in [0.25, 0.3) is 0 Å². The molecule has 1 saturated heterocycles. The number of ether oxygens (including phenoxy) is 1. The van der Waals surface area contributed by atoms with Crippen molar-refractivity contribution >= 4 is 21.7 Å². The molecule has 94 valence electrons. The molecule has 2 rings (SSSR count). The molecular formula is C12H18BrN3O. The average Bonchev–Trinajstić information content (AvgIpc) is 2.81. The van der Waals surface area contributed by atoms with Crippen LogP contribution in [0.15, 0.2) is 10.7 Å². The van der Waals surface area contributed by atoms with Crippen LogP contribution in [0.4, 0.5) is 5.82 Å². The van der Waals surface area contributed by atoms with Gasteiger partial charge in [0.05, 0.1) is 0 Å². The van der Waals surface area contributed by atoms with Gasteiger partial charge >= 0.3 is 0 Å². The zero-order chi connectivity index (χ0) is 12.1. The van der Waals surface area contributed by atoms with Crippen LogP contribution in [0.3, 0.4) is 0 Å². The second-order valence-corrected chi connectivity index (χ2v) is 5.10. The maximum Gasteiger partial charge on any atom is 0.131 e. The molecule has 0 aliphatic carbocycles. The van der Waals surface area contributed by atoms with Gasteiger partial charge in [0.1, 0.15) is 16.2 Å². The summed E-state index contributed by atoms with van der Waals surface area (Å²) in [7, 11) is 0. The van der Waals surface area contributed by atoms with Crippen molar-refractivity contribution in [3.8, 4) is 0 Å². The fourth-order valence-electron chi connectivity index (χ4n) is 1.93. The molecular weight excluding hydrogens is 282 g/mol. The van der Waals surface area contributed by atoms with Crippen LogP contribution in [-0.2, 0) is 11.2 Å². The maximum absolute atomic E-state index is 5.35. The SMILES string of the molecule is CCc1nc(Br)cc(NCCC2CCOC2)n1. The van der Waals surface area contributed by atoms with Crippen LogP contribution in [0, 0.1) is 5.92 Å². The second kappa shape index (κ2) is 6.31. The van der Waals surface area contributed by atoms with Crippen molar-refractivity contribution in [2.75, 3.05) is 25.1 Å². The Morgan fingerprint density at radius 1 is 1.53 bits per heavy atom. The highest BCUT2D eigenvalue weighted by atomic mass is 79.9. The van der Waals surface area contributed by atoms with Crippen LogP contribution in [0.1, 0.15) is 25.6 Å². The third-order valence-electron chi connectivity index (χ3n) is 2.94. The van der Waals surface area contributed by atoms with E-state index in [1.807, 2.05) is 6.07 Å². The summed E-state index contributed by atoms with van der Waals surface area (Å²) >= 11 is 3.40. The Labute approximate surface area is 110 Å². The quantitative estimate of drug-likeness (QED) is 0.849. The normalized spacial score (nSPS) is 19.5. The summed E-state index contributed by atoms with van der Waals surface area (Å²) in [6.07, 6.45) is 3.18. The van der Waals surface area contributed by atoms with Gasteiger partial charge in [0.2, 0.25) is 0 Å². The van der Waals surface area contributed by atoms with E-state index in [0.717, 1.165) is 48.8 Å². The van der Waals surface area contributed by atoms with Gasteiger partial charge in [-0.2, -0.15) is 0 Å². The third kappa shape index (κ3) is 3.92. The van der Waals surface area contributed by atoms with Crippen molar-refractivity contribution in [2.24, 2.45) is 5.92 Å². The molecule has 1 fully saturated rings. The number of anilines is 1. The lowest BCUT2D eigenvalue weighted by Gasteiger charge is -2.10. The van der Waals surface area contributed by atoms with E-state index in [-0.39, 0.29) is 0 Å². The highest BCUT2D eigenvalue weighted by molar-refractivity contribution is 9.10. The Kier molecular flexibility index (Phi) is 4.74. The van der Waals surface area contributed by atoms with Crippen molar-refractivity contribution in [1.29, 1.82) is 0 Å². The molecule has 1 atom stereocenters. The van der Waals surface area contributed by atoms with Crippen molar-refractivity contribution in [2.45, 2.75) is 26.2 Å². The van der Waals surface area contributed by atoms with Gasteiger partial charge in [-0.1, -0.05) is 6.92 Å². The first-order valence-corrected chi connectivity index (χ1v) is 6.92. The van der Waals surface area contributed by atoms with Gasteiger partial charge in [-0.3, -0.25) is 0 Å². The summed E-state index contributed by atoms with van der Waals surface area (Å²) in [5, 5.41) is 3.35. The van der Waals surface area contributed by atoms with Crippen LogP contribution in [0.2, 0.25) is 0 Å². The molecule has 1 aromatic heterocycles. The van der Waals surface area contributed by atoms with Crippen molar-refractivity contribution in [1.82, 2.24) is 9.97 Å². The second-order valence-electron chi connectivity index (χ2n) is 4.29. The highest BCUT2D eigenvalue weighted by Crippen LogP contribution is 2.17. The molecule has 0 aromatic carbocycles. The largest absolute Gasteiger partial charge is 0.381 e. The van der Waals surface area contributed by atoms with E-state index in [2.05, 4.69) is 38.1 Å². The Morgan fingerprint density at radius 3 is 3.12 bits per heavy atom. The first-order valence-electron chi connectivity index (χ1n) is 6.13. The highest BCUT2D eigenvalue weighted by Gasteiger charge is 2.14. The summed E-state index contributed by atoms with van der Waals surface area (Å²) in [5.41, 5.74) is 0. The molecule has 1 unspecified atom stereocenters. The van der Waals surface area contributed by atoms with E-state index in [9.17, 15) is 0 Å². The lowest BCUT2D eigenvalue weighted by atomic mass is 10.1. The summed E-state index contributed by atoms with van der Waals surface area (Å²) in [6.45, 7) is 4.83. The standard InChI is InChI=1S/C12H18BrN3O/c1-2-11-15-10(13)7-12(16-11)14-5-3-9-4-6-17-8-9/h7,9H,2-6,8H2,1H3,(H,14,15,16). The molecule has 0 saturated carbocycles. The first-order chi connectivity index (χ1) is 8.28. The van der Waals surface area contributed by atoms with Crippen LogP contribution in [0.25, 0.3) is 0 Å². The van der Waals surface area contributed by atoms with Crippen LogP contribution < -0.4 is 5.32 Å². The molecule has 1 aromatic rings. The summed E-state index contributed by atoms with van der Waals surface area (Å²) in [6, 6.07) is 1.92. The summed E-state index contributed by atoms with van der Waals surface area (Å²) < 4.78 is 6.20. The Morgan fingerprint density at radius 2 is 2.41 bits per heavy atom. The smallest absolute Gasteiger partial charge is 0.131 e. The number of aromatic nitrogens is 2. The van der Waals surface area contributed by atoms with Gasteiger partial charge < -0.3 is 10.1 Å². The van der Waals surface area contributed by atoms with Gasteiger partial charge in [0, 0.05) is 32.2 Å². The van der Waals surface area contributed by atoms with E-state index in [4.69, 9.17) is 4.74 Å². The van der Waals surface area contributed by atoms with Crippen molar-refractivity contribution in [3.63, 3.8) is 0 Å². The average molecular weight is 300 g/mol. The fourth-order valence-corrected chi connectivity index (χ4v) is 2.35. The molecule has 5 heteroatoms. The number of hydrogen-bond donors (Lipinski definition) is 1. The molecule has 0 radical (unpaired) electrons. The molecule has 1 aliphatic rings. The van der Waals surface area contributed by atoms with Crippen molar-refractivity contribution < 1.29 is 4.74 Å². The molecule has 0 amide bonds. The molecule has 1 N–H and O–H groups in total. The van der Waals surface area contributed by atoms with Crippen LogP contribution in [0.5, 0.6) is 0 Å². The van der Waals surface area contributed by atoms with E-state index in [1.54, 1.807) is 0 Å². The maximum atomic E-state index is 5.35. The zero-order valence-corrected chi connectivity index (χ0v) is 11.7. The van der Waals surface area contributed by atoms with Gasteiger partial charge in [-0.15, -0.1) is 0 Å². The lowest BCUT2D eigenvalue weighted by molar-refractivity contribution is 0.185. The monoisotopic (exact) mass is 299 g/mol. The summed E-state index contributed by atoms with van der Waals surface area (Å²) in [5.74, 6) is 2.48. The molecule has 0 bridgehead atoms. The minimum atomic E-state index is 0.707. The molecule has 2 heterocycles. The van der Waals surface area contributed by atoms with Gasteiger partial charge in [-0.05, 0) is 34.7 Å². The van der Waals surface area contributed by atoms with Crippen LogP contribution in [-0.4, -0.2) is 29.7 Å². The predicted molar refractivity (Wildman–Crippen MR) is 71.1 cm³/mol. The molecule has 17 heavy (non-hydrogen) atoms. The molecule has 4 nitrogen and oxygen atoms in total. The van der Waals surface area contributed by atoms with E-state index < -0.39 is 0 Å². The topological polar surface area (TPSA) is 47.0 Å². The molecule has 0 spiro atoms. The first kappa shape index (κ1) is 12.8. The number of rotatable bonds is 5. The molecule has 1 aliphatic heterocycles. The predicted octanol–water partition coefficient (Wildman–Crippen LogP) is 2.64. The number of halogens is 1. The van der Waals surface area contributed by atoms with Gasteiger partial charge in [-0.25, -0.2) is 9.97 Å². The number of nitrogens with zero attached hydrogens (tertiary/aromatic N) is 2. The fraction of sp³-hybridized carbons (Fsp3) is 0.667.